The average Bonchev–Trinajstić information content (AvgIpc) is 2.71. The molecular formula is C21H25N3O3. The molecule has 2 aromatic rings. The lowest BCUT2D eigenvalue weighted by Gasteiger charge is -2.14. The molecule has 2 amide bonds. The predicted octanol–water partition coefficient (Wildman–Crippen LogP) is 2.82. The Bertz CT molecular complexity index is 775. The standard InChI is InChI=1S/C21H25N3O3/c1-3-16(2)27-19-9-5-4-7-17(19)10-11-20(25)23-13-14-24-21(26)18-8-6-12-22-15-18/h4-12,15-16H,3,13-14H2,1-2H3,(H,23,25)(H,24,26)/b11-10+. The first-order valence-electron chi connectivity index (χ1n) is 9.00. The maximum absolute atomic E-state index is 12.0. The molecule has 0 saturated heterocycles. The van der Waals surface area contributed by atoms with Gasteiger partial charge < -0.3 is 15.4 Å². The molecule has 0 bridgehead atoms. The van der Waals surface area contributed by atoms with Crippen molar-refractivity contribution in [3.8, 4) is 5.75 Å². The highest BCUT2D eigenvalue weighted by molar-refractivity contribution is 5.94. The van der Waals surface area contributed by atoms with Crippen LogP contribution in [0.15, 0.2) is 54.9 Å². The van der Waals surface area contributed by atoms with E-state index in [-0.39, 0.29) is 17.9 Å². The first kappa shape index (κ1) is 20.2. The number of hydrogen-bond acceptors (Lipinski definition) is 4. The van der Waals surface area contributed by atoms with Gasteiger partial charge in [-0.05, 0) is 37.6 Å². The fourth-order valence-corrected chi connectivity index (χ4v) is 2.21. The summed E-state index contributed by atoms with van der Waals surface area (Å²) in [6.07, 6.45) is 7.30. The van der Waals surface area contributed by atoms with Crippen LogP contribution in [0.1, 0.15) is 36.2 Å². The van der Waals surface area contributed by atoms with E-state index >= 15 is 0 Å². The lowest BCUT2D eigenvalue weighted by molar-refractivity contribution is -0.116. The summed E-state index contributed by atoms with van der Waals surface area (Å²) in [7, 11) is 0. The Morgan fingerprint density at radius 1 is 1.15 bits per heavy atom. The number of ether oxygens (including phenoxy) is 1. The van der Waals surface area contributed by atoms with Gasteiger partial charge in [0.05, 0.1) is 11.7 Å². The quantitative estimate of drug-likeness (QED) is 0.528. The molecule has 2 N–H and O–H groups in total. The van der Waals surface area contributed by atoms with Crippen LogP contribution in [0, 0.1) is 0 Å². The van der Waals surface area contributed by atoms with Gasteiger partial charge in [-0.2, -0.15) is 0 Å². The summed E-state index contributed by atoms with van der Waals surface area (Å²) in [5, 5.41) is 5.46. The van der Waals surface area contributed by atoms with Crippen LogP contribution in [-0.4, -0.2) is 36.0 Å². The van der Waals surface area contributed by atoms with Crippen LogP contribution >= 0.6 is 0 Å². The Labute approximate surface area is 159 Å². The normalized spacial score (nSPS) is 11.8. The number of rotatable bonds is 9. The van der Waals surface area contributed by atoms with Crippen LogP contribution < -0.4 is 15.4 Å². The Morgan fingerprint density at radius 3 is 2.67 bits per heavy atom. The van der Waals surface area contributed by atoms with Crippen molar-refractivity contribution >= 4 is 17.9 Å². The number of hydrogen-bond donors (Lipinski definition) is 2. The van der Waals surface area contributed by atoms with E-state index in [0.29, 0.717) is 18.7 Å². The molecule has 0 fully saturated rings. The maximum atomic E-state index is 12.0. The zero-order valence-electron chi connectivity index (χ0n) is 15.6. The number of nitrogens with one attached hydrogen (secondary N) is 2. The van der Waals surface area contributed by atoms with Crippen molar-refractivity contribution in [3.05, 3.63) is 66.0 Å². The highest BCUT2D eigenvalue weighted by atomic mass is 16.5. The van der Waals surface area contributed by atoms with Gasteiger partial charge in [0.15, 0.2) is 0 Å². The largest absolute Gasteiger partial charge is 0.490 e. The Morgan fingerprint density at radius 2 is 1.93 bits per heavy atom. The second-order valence-corrected chi connectivity index (χ2v) is 6.00. The van der Waals surface area contributed by atoms with E-state index in [1.54, 1.807) is 24.4 Å². The molecule has 6 heteroatoms. The van der Waals surface area contributed by atoms with Gasteiger partial charge in [0.2, 0.25) is 5.91 Å². The van der Waals surface area contributed by atoms with Crippen LogP contribution in [0.2, 0.25) is 0 Å². The van der Waals surface area contributed by atoms with E-state index in [4.69, 9.17) is 4.74 Å². The molecule has 1 atom stereocenters. The lowest BCUT2D eigenvalue weighted by Crippen LogP contribution is -2.34. The monoisotopic (exact) mass is 367 g/mol. The van der Waals surface area contributed by atoms with Crippen molar-refractivity contribution in [2.45, 2.75) is 26.4 Å². The summed E-state index contributed by atoms with van der Waals surface area (Å²) in [6.45, 7) is 4.73. The number of pyridine rings is 1. The van der Waals surface area contributed by atoms with E-state index in [0.717, 1.165) is 17.7 Å². The fraction of sp³-hybridized carbons (Fsp3) is 0.286. The number of amides is 2. The number of aromatic nitrogens is 1. The van der Waals surface area contributed by atoms with Gasteiger partial charge in [0.25, 0.3) is 5.91 Å². The molecule has 27 heavy (non-hydrogen) atoms. The first-order chi connectivity index (χ1) is 13.1. The third kappa shape index (κ3) is 6.93. The molecule has 142 valence electrons. The van der Waals surface area contributed by atoms with Crippen molar-refractivity contribution in [2.75, 3.05) is 13.1 Å². The minimum Gasteiger partial charge on any atom is -0.490 e. The van der Waals surface area contributed by atoms with Crippen LogP contribution in [0.25, 0.3) is 6.08 Å². The number of carbonyl (C=O) groups is 2. The number of carbonyl (C=O) groups excluding carboxylic acids is 2. The van der Waals surface area contributed by atoms with Gasteiger partial charge in [0, 0.05) is 37.1 Å². The fourth-order valence-electron chi connectivity index (χ4n) is 2.21. The van der Waals surface area contributed by atoms with E-state index in [9.17, 15) is 9.59 Å². The van der Waals surface area contributed by atoms with Crippen molar-refractivity contribution in [2.24, 2.45) is 0 Å². The maximum Gasteiger partial charge on any atom is 0.252 e. The van der Waals surface area contributed by atoms with E-state index in [1.165, 1.54) is 12.3 Å². The highest BCUT2D eigenvalue weighted by Crippen LogP contribution is 2.21. The van der Waals surface area contributed by atoms with Gasteiger partial charge in [-0.3, -0.25) is 14.6 Å². The summed E-state index contributed by atoms with van der Waals surface area (Å²) >= 11 is 0. The average molecular weight is 367 g/mol. The topological polar surface area (TPSA) is 80.3 Å². The molecule has 0 spiro atoms. The van der Waals surface area contributed by atoms with Crippen molar-refractivity contribution in [1.82, 2.24) is 15.6 Å². The van der Waals surface area contributed by atoms with Crippen LogP contribution in [-0.2, 0) is 4.79 Å². The van der Waals surface area contributed by atoms with Gasteiger partial charge >= 0.3 is 0 Å². The molecule has 0 aliphatic heterocycles. The van der Waals surface area contributed by atoms with Crippen molar-refractivity contribution in [1.29, 1.82) is 0 Å². The molecule has 0 radical (unpaired) electrons. The van der Waals surface area contributed by atoms with Gasteiger partial charge in [-0.1, -0.05) is 25.1 Å². The first-order valence-corrected chi connectivity index (χ1v) is 9.00. The molecular weight excluding hydrogens is 342 g/mol. The molecule has 1 aromatic heterocycles. The zero-order valence-corrected chi connectivity index (χ0v) is 15.6. The van der Waals surface area contributed by atoms with Gasteiger partial charge in [-0.15, -0.1) is 0 Å². The van der Waals surface area contributed by atoms with E-state index in [2.05, 4.69) is 22.5 Å². The van der Waals surface area contributed by atoms with Crippen molar-refractivity contribution in [3.63, 3.8) is 0 Å². The molecule has 6 nitrogen and oxygen atoms in total. The Kier molecular flexibility index (Phi) is 8.03. The van der Waals surface area contributed by atoms with Crippen LogP contribution in [0.5, 0.6) is 5.75 Å². The molecule has 1 heterocycles. The molecule has 0 saturated carbocycles. The number of para-hydroxylation sites is 1. The third-order valence-corrected chi connectivity index (χ3v) is 3.87. The molecule has 1 aromatic carbocycles. The highest BCUT2D eigenvalue weighted by Gasteiger charge is 2.06. The second kappa shape index (κ2) is 10.8. The minimum absolute atomic E-state index is 0.108. The summed E-state index contributed by atoms with van der Waals surface area (Å²) in [6, 6.07) is 11.0. The van der Waals surface area contributed by atoms with Crippen LogP contribution in [0.3, 0.4) is 0 Å². The lowest BCUT2D eigenvalue weighted by atomic mass is 10.2. The van der Waals surface area contributed by atoms with Gasteiger partial charge in [-0.25, -0.2) is 0 Å². The molecule has 1 unspecified atom stereocenters. The van der Waals surface area contributed by atoms with Crippen molar-refractivity contribution < 1.29 is 14.3 Å². The smallest absolute Gasteiger partial charge is 0.252 e. The SMILES string of the molecule is CCC(C)Oc1ccccc1/C=C/C(=O)NCCNC(=O)c1cccnc1. The Hall–Kier alpha value is -3.15. The summed E-state index contributed by atoms with van der Waals surface area (Å²) < 4.78 is 5.86. The third-order valence-electron chi connectivity index (χ3n) is 3.87. The predicted molar refractivity (Wildman–Crippen MR) is 105 cm³/mol. The molecule has 2 rings (SSSR count). The van der Waals surface area contributed by atoms with Crippen LogP contribution in [0.4, 0.5) is 0 Å². The van der Waals surface area contributed by atoms with Gasteiger partial charge in [0.1, 0.15) is 5.75 Å². The summed E-state index contributed by atoms with van der Waals surface area (Å²) in [5.74, 6) is 0.299. The Balaban J connectivity index is 1.78. The minimum atomic E-state index is -0.232. The number of nitrogens with zero attached hydrogens (tertiary/aromatic N) is 1. The van der Waals surface area contributed by atoms with E-state index in [1.807, 2.05) is 31.2 Å². The summed E-state index contributed by atoms with van der Waals surface area (Å²) in [5.41, 5.74) is 1.33. The second-order valence-electron chi connectivity index (χ2n) is 6.00. The molecule has 0 aliphatic carbocycles. The number of benzene rings is 1. The van der Waals surface area contributed by atoms with E-state index < -0.39 is 0 Å². The molecule has 0 aliphatic rings. The zero-order chi connectivity index (χ0) is 19.5. The summed E-state index contributed by atoms with van der Waals surface area (Å²) in [4.78, 5) is 27.7.